The topological polar surface area (TPSA) is 60.0 Å². The van der Waals surface area contributed by atoms with Gasteiger partial charge in [0.2, 0.25) is 0 Å². The molecule has 24 heavy (non-hydrogen) atoms. The second-order valence-electron chi connectivity index (χ2n) is 6.58. The molecule has 0 saturated carbocycles. The Balaban J connectivity index is 1.43. The van der Waals surface area contributed by atoms with Crippen LogP contribution >= 0.6 is 0 Å². The fraction of sp³-hybridized carbons (Fsp3) is 0.611. The van der Waals surface area contributed by atoms with E-state index >= 15 is 0 Å². The van der Waals surface area contributed by atoms with Gasteiger partial charge < -0.3 is 24.4 Å². The first-order valence-electron chi connectivity index (χ1n) is 8.87. The minimum Gasteiger partial charge on any atom is -0.486 e. The molecule has 0 bridgehead atoms. The summed E-state index contributed by atoms with van der Waals surface area (Å²) in [6.07, 6.45) is 4.29. The highest BCUT2D eigenvalue weighted by atomic mass is 16.6. The molecule has 0 unspecified atom stereocenters. The molecule has 3 aliphatic rings. The Labute approximate surface area is 142 Å². The average molecular weight is 332 g/mol. The van der Waals surface area contributed by atoms with Gasteiger partial charge in [0, 0.05) is 19.7 Å². The van der Waals surface area contributed by atoms with Gasteiger partial charge in [-0.1, -0.05) is 6.07 Å². The molecular weight excluding hydrogens is 308 g/mol. The average Bonchev–Trinajstić information content (AvgIpc) is 3.31. The van der Waals surface area contributed by atoms with Crippen LogP contribution in [0.4, 0.5) is 4.79 Å². The van der Waals surface area contributed by atoms with Crippen molar-refractivity contribution in [2.75, 3.05) is 32.9 Å². The molecule has 4 rings (SSSR count). The number of hydrogen-bond donors (Lipinski definition) is 1. The quantitative estimate of drug-likeness (QED) is 0.924. The molecule has 6 nitrogen and oxygen atoms in total. The number of amides is 2. The van der Waals surface area contributed by atoms with Gasteiger partial charge in [0.15, 0.2) is 11.5 Å². The van der Waals surface area contributed by atoms with Gasteiger partial charge in [0.1, 0.15) is 13.2 Å². The summed E-state index contributed by atoms with van der Waals surface area (Å²) in [7, 11) is 0. The first-order valence-corrected chi connectivity index (χ1v) is 8.87. The Kier molecular flexibility index (Phi) is 4.47. The van der Waals surface area contributed by atoms with E-state index in [9.17, 15) is 4.79 Å². The number of likely N-dealkylation sites (tertiary alicyclic amines) is 1. The van der Waals surface area contributed by atoms with Crippen LogP contribution in [0.15, 0.2) is 18.2 Å². The number of nitrogens with one attached hydrogen (secondary N) is 1. The van der Waals surface area contributed by atoms with E-state index in [2.05, 4.69) is 5.32 Å². The smallest absolute Gasteiger partial charge is 0.318 e. The summed E-state index contributed by atoms with van der Waals surface area (Å²) in [5.74, 6) is 1.57. The zero-order valence-corrected chi connectivity index (χ0v) is 13.8. The van der Waals surface area contributed by atoms with Crippen LogP contribution in [0.1, 0.15) is 37.3 Å². The summed E-state index contributed by atoms with van der Waals surface area (Å²) < 4.78 is 16.8. The third kappa shape index (κ3) is 3.15. The highest BCUT2D eigenvalue weighted by Gasteiger charge is 2.31. The number of rotatable bonds is 3. The third-order valence-electron chi connectivity index (χ3n) is 4.97. The maximum atomic E-state index is 12.6. The number of urea groups is 1. The van der Waals surface area contributed by atoms with Crippen LogP contribution in [-0.2, 0) is 4.74 Å². The summed E-state index contributed by atoms with van der Waals surface area (Å²) in [5.41, 5.74) is 1.11. The molecule has 3 heterocycles. The van der Waals surface area contributed by atoms with Crippen molar-refractivity contribution in [1.29, 1.82) is 0 Å². The molecule has 130 valence electrons. The van der Waals surface area contributed by atoms with E-state index in [-0.39, 0.29) is 18.2 Å². The monoisotopic (exact) mass is 332 g/mol. The molecule has 0 aliphatic carbocycles. The summed E-state index contributed by atoms with van der Waals surface area (Å²) in [6, 6.07) is 6.12. The van der Waals surface area contributed by atoms with Crippen LogP contribution in [0.2, 0.25) is 0 Å². The molecule has 1 aromatic carbocycles. The maximum absolute atomic E-state index is 12.6. The van der Waals surface area contributed by atoms with Crippen molar-refractivity contribution in [2.45, 2.75) is 37.8 Å². The van der Waals surface area contributed by atoms with E-state index in [1.165, 1.54) is 0 Å². The Morgan fingerprint density at radius 1 is 1.12 bits per heavy atom. The van der Waals surface area contributed by atoms with Gasteiger partial charge >= 0.3 is 6.03 Å². The summed E-state index contributed by atoms with van der Waals surface area (Å²) in [5, 5.41) is 3.03. The van der Waals surface area contributed by atoms with Crippen LogP contribution in [0.5, 0.6) is 11.5 Å². The molecule has 1 aromatic rings. The number of fused-ring (bicyclic) bond motifs is 1. The highest BCUT2D eigenvalue weighted by molar-refractivity contribution is 5.75. The van der Waals surface area contributed by atoms with Gasteiger partial charge in [0.05, 0.1) is 12.1 Å². The van der Waals surface area contributed by atoms with Crippen molar-refractivity contribution < 1.29 is 19.0 Å². The first kappa shape index (κ1) is 15.6. The van der Waals surface area contributed by atoms with Gasteiger partial charge in [0.25, 0.3) is 0 Å². The Bertz CT molecular complexity index is 601. The number of carbonyl (C=O) groups is 1. The number of ether oxygens (including phenoxy) is 3. The van der Waals surface area contributed by atoms with Crippen molar-refractivity contribution in [2.24, 2.45) is 0 Å². The van der Waals surface area contributed by atoms with Gasteiger partial charge in [-0.3, -0.25) is 0 Å². The van der Waals surface area contributed by atoms with Crippen LogP contribution < -0.4 is 14.8 Å². The van der Waals surface area contributed by atoms with Crippen LogP contribution in [0.25, 0.3) is 0 Å². The van der Waals surface area contributed by atoms with E-state index in [0.29, 0.717) is 19.8 Å². The molecule has 2 fully saturated rings. The molecule has 2 saturated heterocycles. The van der Waals surface area contributed by atoms with Gasteiger partial charge in [-0.2, -0.15) is 0 Å². The van der Waals surface area contributed by atoms with Crippen molar-refractivity contribution in [3.05, 3.63) is 23.8 Å². The molecule has 0 aromatic heterocycles. The normalized spacial score (nSPS) is 25.8. The largest absolute Gasteiger partial charge is 0.486 e. The Morgan fingerprint density at radius 3 is 2.83 bits per heavy atom. The van der Waals surface area contributed by atoms with Crippen molar-refractivity contribution >= 4 is 6.03 Å². The van der Waals surface area contributed by atoms with Crippen molar-refractivity contribution in [1.82, 2.24) is 10.2 Å². The van der Waals surface area contributed by atoms with E-state index in [1.807, 2.05) is 23.1 Å². The number of benzene rings is 1. The zero-order chi connectivity index (χ0) is 16.4. The predicted molar refractivity (Wildman–Crippen MR) is 88.5 cm³/mol. The summed E-state index contributed by atoms with van der Waals surface area (Å²) in [4.78, 5) is 14.5. The SMILES string of the molecule is O=C(NC[C@@H]1CCCO1)N1CCC[C@H]1c1ccc2c(c1)OCCO2. The standard InChI is InChI=1S/C18H24N2O4/c21-18(19-12-14-3-2-8-22-14)20-7-1-4-15(20)13-5-6-16-17(11-13)24-10-9-23-16/h5-6,11,14-15H,1-4,7-10,12H2,(H,19,21)/t14-,15-/m0/s1. The molecular formula is C18H24N2O4. The summed E-state index contributed by atoms with van der Waals surface area (Å²) >= 11 is 0. The fourth-order valence-corrected chi connectivity index (χ4v) is 3.73. The number of nitrogens with zero attached hydrogens (tertiary/aromatic N) is 1. The minimum absolute atomic E-state index is 0.00268. The second-order valence-corrected chi connectivity index (χ2v) is 6.58. The fourth-order valence-electron chi connectivity index (χ4n) is 3.73. The predicted octanol–water partition coefficient (Wildman–Crippen LogP) is 2.48. The molecule has 1 N–H and O–H groups in total. The van der Waals surface area contributed by atoms with Gasteiger partial charge in [-0.25, -0.2) is 4.79 Å². The molecule has 6 heteroatoms. The van der Waals surface area contributed by atoms with Gasteiger partial charge in [-0.05, 0) is 43.4 Å². The molecule has 2 amide bonds. The van der Waals surface area contributed by atoms with Gasteiger partial charge in [-0.15, -0.1) is 0 Å². The Hall–Kier alpha value is -1.95. The second kappa shape index (κ2) is 6.89. The molecule has 2 atom stereocenters. The highest BCUT2D eigenvalue weighted by Crippen LogP contribution is 2.38. The van der Waals surface area contributed by atoms with E-state index < -0.39 is 0 Å². The van der Waals surface area contributed by atoms with E-state index in [0.717, 1.165) is 55.9 Å². The number of hydrogen-bond acceptors (Lipinski definition) is 4. The van der Waals surface area contributed by atoms with Crippen molar-refractivity contribution in [3.8, 4) is 11.5 Å². The lowest BCUT2D eigenvalue weighted by Gasteiger charge is -2.27. The lowest BCUT2D eigenvalue weighted by Crippen LogP contribution is -2.42. The van der Waals surface area contributed by atoms with E-state index in [4.69, 9.17) is 14.2 Å². The molecule has 3 aliphatic heterocycles. The molecule has 0 radical (unpaired) electrons. The minimum atomic E-state index is 0.00268. The van der Waals surface area contributed by atoms with Crippen LogP contribution in [-0.4, -0.2) is 49.9 Å². The zero-order valence-electron chi connectivity index (χ0n) is 13.8. The Morgan fingerprint density at radius 2 is 2.00 bits per heavy atom. The number of carbonyl (C=O) groups excluding carboxylic acids is 1. The van der Waals surface area contributed by atoms with Crippen LogP contribution in [0.3, 0.4) is 0 Å². The maximum Gasteiger partial charge on any atom is 0.318 e. The summed E-state index contributed by atoms with van der Waals surface area (Å²) in [6.45, 7) is 3.37. The third-order valence-corrected chi connectivity index (χ3v) is 4.97. The lowest BCUT2D eigenvalue weighted by molar-refractivity contribution is 0.108. The first-order chi connectivity index (χ1) is 11.8. The van der Waals surface area contributed by atoms with Crippen molar-refractivity contribution in [3.63, 3.8) is 0 Å². The van der Waals surface area contributed by atoms with E-state index in [1.54, 1.807) is 0 Å². The lowest BCUT2D eigenvalue weighted by atomic mass is 10.0. The van der Waals surface area contributed by atoms with Crippen LogP contribution in [0, 0.1) is 0 Å². The molecule has 0 spiro atoms.